The Kier molecular flexibility index (Phi) is 9.11. The minimum absolute atomic E-state index is 0.184. The summed E-state index contributed by atoms with van der Waals surface area (Å²) in [5, 5.41) is 2.92. The van der Waals surface area contributed by atoms with Crippen molar-refractivity contribution in [3.8, 4) is 0 Å². The molecule has 0 heterocycles. The zero-order valence-electron chi connectivity index (χ0n) is 22.1. The molecule has 0 aliphatic carbocycles. The van der Waals surface area contributed by atoms with E-state index >= 15 is 0 Å². The van der Waals surface area contributed by atoms with Crippen LogP contribution < -0.4 is 9.62 Å². The summed E-state index contributed by atoms with van der Waals surface area (Å²) in [7, 11) is -3.75. The van der Waals surface area contributed by atoms with Gasteiger partial charge in [-0.05, 0) is 63.8 Å². The van der Waals surface area contributed by atoms with Gasteiger partial charge in [-0.25, -0.2) is 8.42 Å². The highest BCUT2D eigenvalue weighted by atomic mass is 32.2. The Morgan fingerprint density at radius 3 is 2.09 bits per heavy atom. The minimum Gasteiger partial charge on any atom is -0.350 e. The Morgan fingerprint density at radius 2 is 1.60 bits per heavy atom. The first-order chi connectivity index (χ1) is 16.1. The molecule has 0 aromatic heterocycles. The maximum Gasteiger partial charge on any atom is 0.244 e. The molecule has 2 aromatic rings. The van der Waals surface area contributed by atoms with Crippen molar-refractivity contribution in [1.29, 1.82) is 0 Å². The van der Waals surface area contributed by atoms with Gasteiger partial charge < -0.3 is 10.2 Å². The van der Waals surface area contributed by atoms with Crippen LogP contribution in [-0.4, -0.2) is 49.5 Å². The van der Waals surface area contributed by atoms with Gasteiger partial charge in [0.25, 0.3) is 0 Å². The fourth-order valence-corrected chi connectivity index (χ4v) is 4.55. The predicted molar refractivity (Wildman–Crippen MR) is 142 cm³/mol. The number of hydrogen-bond donors (Lipinski definition) is 1. The summed E-state index contributed by atoms with van der Waals surface area (Å²) in [6.07, 6.45) is 1.08. The van der Waals surface area contributed by atoms with Crippen LogP contribution in [0.3, 0.4) is 0 Å². The number of rotatable bonds is 9. The lowest BCUT2D eigenvalue weighted by molar-refractivity contribution is -0.140. The van der Waals surface area contributed by atoms with Crippen LogP contribution >= 0.6 is 0 Å². The second-order valence-electron chi connectivity index (χ2n) is 10.4. The maximum atomic E-state index is 13.6. The van der Waals surface area contributed by atoms with E-state index in [0.717, 1.165) is 27.3 Å². The summed E-state index contributed by atoms with van der Waals surface area (Å²) in [5.74, 6) is -0.462. The number of carbonyl (C=O) groups is 2. The molecule has 1 atom stereocenters. The van der Waals surface area contributed by atoms with Crippen LogP contribution in [0.4, 0.5) is 5.69 Å². The molecule has 7 nitrogen and oxygen atoms in total. The Labute approximate surface area is 210 Å². The van der Waals surface area contributed by atoms with E-state index in [1.807, 2.05) is 64.1 Å². The maximum absolute atomic E-state index is 13.6. The van der Waals surface area contributed by atoms with Crippen LogP contribution in [0, 0.1) is 6.92 Å². The average Bonchev–Trinajstić information content (AvgIpc) is 2.73. The molecule has 0 saturated heterocycles. The van der Waals surface area contributed by atoms with Crippen molar-refractivity contribution in [3.63, 3.8) is 0 Å². The van der Waals surface area contributed by atoms with Crippen LogP contribution in [0.25, 0.3) is 0 Å². The summed E-state index contributed by atoms with van der Waals surface area (Å²) in [5.41, 5.74) is 2.90. The molecule has 0 aliphatic rings. The quantitative estimate of drug-likeness (QED) is 0.557. The van der Waals surface area contributed by atoms with E-state index in [1.165, 1.54) is 4.90 Å². The monoisotopic (exact) mass is 501 g/mol. The number of nitrogens with zero attached hydrogens (tertiary/aromatic N) is 2. The Hall–Kier alpha value is -2.87. The fraction of sp³-hybridized carbons (Fsp3) is 0.481. The lowest BCUT2D eigenvalue weighted by Gasteiger charge is -2.33. The van der Waals surface area contributed by atoms with Gasteiger partial charge in [0.15, 0.2) is 0 Å². The molecule has 0 unspecified atom stereocenters. The van der Waals surface area contributed by atoms with E-state index in [1.54, 1.807) is 19.1 Å². The number of amides is 2. The van der Waals surface area contributed by atoms with Crippen molar-refractivity contribution >= 4 is 27.5 Å². The number of benzene rings is 2. The fourth-order valence-electron chi connectivity index (χ4n) is 3.70. The molecule has 8 heteroatoms. The second-order valence-corrected chi connectivity index (χ2v) is 12.3. The van der Waals surface area contributed by atoms with Crippen molar-refractivity contribution in [2.45, 2.75) is 72.5 Å². The third-order valence-corrected chi connectivity index (χ3v) is 6.77. The molecule has 2 rings (SSSR count). The number of carbonyl (C=O) groups excluding carboxylic acids is 2. The molecule has 35 heavy (non-hydrogen) atoms. The number of sulfonamides is 1. The van der Waals surface area contributed by atoms with E-state index in [-0.39, 0.29) is 12.5 Å². The lowest BCUT2D eigenvalue weighted by Crippen LogP contribution is -2.54. The molecule has 0 saturated carbocycles. The van der Waals surface area contributed by atoms with Crippen LogP contribution in [0.2, 0.25) is 0 Å². The molecule has 0 radical (unpaired) electrons. The summed E-state index contributed by atoms with van der Waals surface area (Å²) in [6.45, 7) is 13.1. The zero-order chi connectivity index (χ0) is 26.6. The van der Waals surface area contributed by atoms with Crippen molar-refractivity contribution in [3.05, 3.63) is 65.2 Å². The molecule has 0 spiro atoms. The van der Waals surface area contributed by atoms with Crippen molar-refractivity contribution in [1.82, 2.24) is 10.2 Å². The van der Waals surface area contributed by atoms with Gasteiger partial charge in [-0.2, -0.15) is 0 Å². The Morgan fingerprint density at radius 1 is 1.00 bits per heavy atom. The van der Waals surface area contributed by atoms with Crippen LogP contribution in [0.15, 0.2) is 48.5 Å². The lowest BCUT2D eigenvalue weighted by atomic mass is 10.0. The number of hydrogen-bond acceptors (Lipinski definition) is 4. The molecule has 2 aromatic carbocycles. The van der Waals surface area contributed by atoms with Gasteiger partial charge in [0, 0.05) is 12.1 Å². The third-order valence-electron chi connectivity index (χ3n) is 5.63. The highest BCUT2D eigenvalue weighted by Gasteiger charge is 2.31. The van der Waals surface area contributed by atoms with Crippen molar-refractivity contribution < 1.29 is 18.0 Å². The predicted octanol–water partition coefficient (Wildman–Crippen LogP) is 4.22. The summed E-state index contributed by atoms with van der Waals surface area (Å²) >= 11 is 0. The van der Waals surface area contributed by atoms with E-state index < -0.39 is 34.1 Å². The van der Waals surface area contributed by atoms with E-state index in [9.17, 15) is 18.0 Å². The van der Waals surface area contributed by atoms with Crippen molar-refractivity contribution in [2.24, 2.45) is 0 Å². The number of aryl methyl sites for hydroxylation is 1. The molecular weight excluding hydrogens is 462 g/mol. The Balaban J connectivity index is 2.40. The molecule has 192 valence electrons. The van der Waals surface area contributed by atoms with Crippen molar-refractivity contribution in [2.75, 3.05) is 17.1 Å². The first-order valence-electron chi connectivity index (χ1n) is 11.8. The zero-order valence-corrected chi connectivity index (χ0v) is 22.9. The first-order valence-corrected chi connectivity index (χ1v) is 13.7. The Bertz CT molecular complexity index is 1140. The second kappa shape index (κ2) is 11.2. The molecular formula is C27H39N3O4S. The first kappa shape index (κ1) is 28.4. The van der Waals surface area contributed by atoms with E-state index in [4.69, 9.17) is 0 Å². The van der Waals surface area contributed by atoms with E-state index in [2.05, 4.69) is 19.2 Å². The van der Waals surface area contributed by atoms with Crippen LogP contribution in [-0.2, 0) is 26.2 Å². The molecule has 2 amide bonds. The summed E-state index contributed by atoms with van der Waals surface area (Å²) in [6, 6.07) is 14.1. The normalized spacial score (nSPS) is 12.8. The van der Waals surface area contributed by atoms with Gasteiger partial charge in [-0.1, -0.05) is 55.8 Å². The molecule has 0 aliphatic heterocycles. The van der Waals surface area contributed by atoms with Gasteiger partial charge >= 0.3 is 0 Å². The number of anilines is 1. The average molecular weight is 502 g/mol. The van der Waals surface area contributed by atoms with Crippen LogP contribution in [0.1, 0.15) is 64.2 Å². The standard InChI is InChI=1S/C27H39N3O4S/c1-19(2)23-12-14-24(15-13-23)30(35(8,33)34)18-25(31)29(17-22-11-9-10-20(3)16-22)21(4)26(32)28-27(5,6)7/h9-16,19,21H,17-18H2,1-8H3,(H,28,32)/t21-/m0/s1. The largest absolute Gasteiger partial charge is 0.350 e. The topological polar surface area (TPSA) is 86.8 Å². The highest BCUT2D eigenvalue weighted by Crippen LogP contribution is 2.23. The smallest absolute Gasteiger partial charge is 0.244 e. The molecule has 0 bridgehead atoms. The third kappa shape index (κ3) is 8.38. The minimum atomic E-state index is -3.75. The van der Waals surface area contributed by atoms with Gasteiger partial charge in [-0.15, -0.1) is 0 Å². The number of nitrogens with one attached hydrogen (secondary N) is 1. The summed E-state index contributed by atoms with van der Waals surface area (Å²) < 4.78 is 26.5. The highest BCUT2D eigenvalue weighted by molar-refractivity contribution is 7.92. The SMILES string of the molecule is Cc1cccc(CN(C(=O)CN(c2ccc(C(C)C)cc2)S(C)(=O)=O)[C@@H](C)C(=O)NC(C)(C)C)c1. The van der Waals surface area contributed by atoms with Gasteiger partial charge in [0.05, 0.1) is 11.9 Å². The summed E-state index contributed by atoms with van der Waals surface area (Å²) in [4.78, 5) is 28.0. The molecule has 0 fully saturated rings. The van der Waals surface area contributed by atoms with Gasteiger partial charge in [0.2, 0.25) is 21.8 Å². The van der Waals surface area contributed by atoms with Gasteiger partial charge in [0.1, 0.15) is 12.6 Å². The van der Waals surface area contributed by atoms with Gasteiger partial charge in [-0.3, -0.25) is 13.9 Å². The van der Waals surface area contributed by atoms with Crippen LogP contribution in [0.5, 0.6) is 0 Å². The molecule has 1 N–H and O–H groups in total. The van der Waals surface area contributed by atoms with E-state index in [0.29, 0.717) is 11.6 Å².